The molecule has 0 spiro atoms. The summed E-state index contributed by atoms with van der Waals surface area (Å²) in [6.45, 7) is 0. The van der Waals surface area contributed by atoms with Crippen molar-refractivity contribution in [1.29, 1.82) is 0 Å². The van der Waals surface area contributed by atoms with Crippen LogP contribution in [0, 0.1) is 5.21 Å². The average molecular weight is 213 g/mol. The fraction of sp³-hybridized carbons (Fsp3) is 0. The summed E-state index contributed by atoms with van der Waals surface area (Å²) in [5, 5.41) is 11.0. The molecular weight excluding hydrogens is 208 g/mol. The normalized spacial score (nSPS) is 20.4. The molecule has 0 saturated heterocycles. The molecule has 1 unspecified atom stereocenters. The molecule has 2 rings (SSSR count). The second-order valence-corrected chi connectivity index (χ2v) is 3.20. The summed E-state index contributed by atoms with van der Waals surface area (Å²) in [5.41, 5.74) is 0.893. The highest BCUT2D eigenvalue weighted by Gasteiger charge is 2.13. The summed E-state index contributed by atoms with van der Waals surface area (Å²) in [6.07, 6.45) is 4.93. The molecule has 1 aliphatic rings. The van der Waals surface area contributed by atoms with Gasteiger partial charge >= 0.3 is 0 Å². The average Bonchev–Trinajstić information content (AvgIpc) is 2.32. The Bertz CT molecular complexity index is 324. The van der Waals surface area contributed by atoms with Crippen LogP contribution >= 0.6 is 15.9 Å². The molecule has 1 N–H and O–H groups in total. The number of rotatable bonds is 0. The first-order chi connectivity index (χ1) is 5.27. The zero-order valence-corrected chi connectivity index (χ0v) is 7.13. The lowest BCUT2D eigenvalue weighted by Gasteiger charge is -2.11. The van der Waals surface area contributed by atoms with Crippen LogP contribution in [0.25, 0.3) is 6.08 Å². The van der Waals surface area contributed by atoms with Crippen molar-refractivity contribution in [2.45, 2.75) is 0 Å². The molecule has 0 fully saturated rings. The molecule has 56 valence electrons. The molecule has 0 saturated carbocycles. The van der Waals surface area contributed by atoms with E-state index in [-0.39, 0.29) is 5.06 Å². The van der Waals surface area contributed by atoms with E-state index in [1.807, 2.05) is 6.07 Å². The van der Waals surface area contributed by atoms with Gasteiger partial charge in [-0.2, -0.15) is 0 Å². The van der Waals surface area contributed by atoms with Crippen molar-refractivity contribution in [1.82, 2.24) is 4.98 Å². The monoisotopic (exact) mass is 212 g/mol. The van der Waals surface area contributed by atoms with Crippen LogP contribution in [0.4, 0.5) is 5.82 Å². The van der Waals surface area contributed by atoms with Crippen LogP contribution in [-0.2, 0) is 0 Å². The van der Waals surface area contributed by atoms with E-state index in [2.05, 4.69) is 20.9 Å². The van der Waals surface area contributed by atoms with Crippen LogP contribution in [0.2, 0.25) is 0 Å². The molecule has 0 radical (unpaired) electrons. The van der Waals surface area contributed by atoms with Gasteiger partial charge in [0.15, 0.2) is 0 Å². The number of hydrogen-bond donors (Lipinski definition) is 1. The lowest BCUT2D eigenvalue weighted by atomic mass is 10.3. The van der Waals surface area contributed by atoms with Crippen molar-refractivity contribution in [2.24, 2.45) is 0 Å². The smallest absolute Gasteiger partial charge is 0.238 e. The van der Waals surface area contributed by atoms with E-state index in [1.54, 1.807) is 12.3 Å². The highest BCUT2D eigenvalue weighted by Crippen LogP contribution is 2.18. The molecule has 0 aromatic carbocycles. The highest BCUT2D eigenvalue weighted by atomic mass is 79.9. The van der Waals surface area contributed by atoms with Gasteiger partial charge in [-0.25, -0.2) is 4.98 Å². The summed E-state index contributed by atoms with van der Waals surface area (Å²) in [6, 6.07) is 1.88. The number of halogens is 1. The molecule has 1 aromatic heterocycles. The quantitative estimate of drug-likeness (QED) is 0.648. The molecule has 0 amide bonds. The minimum Gasteiger partial charge on any atom is -0.623 e. The van der Waals surface area contributed by atoms with E-state index in [0.717, 1.165) is 10.0 Å². The summed E-state index contributed by atoms with van der Waals surface area (Å²) >= 11 is 3.28. The Hall–Kier alpha value is -0.710. The summed E-state index contributed by atoms with van der Waals surface area (Å²) in [5.74, 6) is 0.549. The number of nitrogens with zero attached hydrogens (tertiary/aromatic N) is 1. The van der Waals surface area contributed by atoms with Gasteiger partial charge in [-0.05, 0) is 22.0 Å². The minimum atomic E-state index is -0.00694. The van der Waals surface area contributed by atoms with Crippen molar-refractivity contribution in [3.05, 3.63) is 33.7 Å². The van der Waals surface area contributed by atoms with E-state index in [4.69, 9.17) is 0 Å². The largest absolute Gasteiger partial charge is 0.623 e. The van der Waals surface area contributed by atoms with Gasteiger partial charge in [0.1, 0.15) is 6.20 Å². The fourth-order valence-corrected chi connectivity index (χ4v) is 1.38. The Morgan fingerprint density at radius 3 is 3.18 bits per heavy atom. The number of aromatic nitrogens is 1. The molecule has 4 heteroatoms. The second kappa shape index (κ2) is 2.41. The Morgan fingerprint density at radius 1 is 1.55 bits per heavy atom. The molecular formula is C7H5BrN2O. The highest BCUT2D eigenvalue weighted by molar-refractivity contribution is 9.10. The molecule has 1 atom stereocenters. The molecule has 0 aliphatic carbocycles. The summed E-state index contributed by atoms with van der Waals surface area (Å²) in [4.78, 5) is 3.98. The van der Waals surface area contributed by atoms with Gasteiger partial charge in [-0.1, -0.05) is 0 Å². The number of fused-ring (bicyclic) bond motifs is 1. The van der Waals surface area contributed by atoms with E-state index in [0.29, 0.717) is 5.82 Å². The van der Waals surface area contributed by atoms with E-state index >= 15 is 0 Å². The summed E-state index contributed by atoms with van der Waals surface area (Å²) in [7, 11) is 0. The topological polar surface area (TPSA) is 40.4 Å². The number of hydroxylamine groups is 1. The van der Waals surface area contributed by atoms with Gasteiger partial charge in [-0.15, -0.1) is 0 Å². The van der Waals surface area contributed by atoms with Crippen LogP contribution in [-0.4, -0.2) is 4.98 Å². The first-order valence-corrected chi connectivity index (χ1v) is 3.94. The molecule has 11 heavy (non-hydrogen) atoms. The van der Waals surface area contributed by atoms with Crippen LogP contribution in [0.3, 0.4) is 0 Å². The Balaban J connectivity index is 2.58. The molecule has 3 nitrogen and oxygen atoms in total. The van der Waals surface area contributed by atoms with Crippen LogP contribution < -0.4 is 5.06 Å². The van der Waals surface area contributed by atoms with Crippen LogP contribution in [0.5, 0.6) is 0 Å². The number of hydrogen-bond acceptors (Lipinski definition) is 2. The van der Waals surface area contributed by atoms with E-state index in [9.17, 15) is 5.21 Å². The van der Waals surface area contributed by atoms with Gasteiger partial charge in [0.2, 0.25) is 5.82 Å². The van der Waals surface area contributed by atoms with E-state index in [1.165, 1.54) is 6.20 Å². The molecule has 1 aromatic rings. The zero-order chi connectivity index (χ0) is 7.84. The second-order valence-electron chi connectivity index (χ2n) is 2.29. The Kier molecular flexibility index (Phi) is 1.52. The summed E-state index contributed by atoms with van der Waals surface area (Å²) < 4.78 is 0.899. The Labute approximate surface area is 72.1 Å². The molecule has 2 heterocycles. The van der Waals surface area contributed by atoms with Crippen molar-refractivity contribution in [3.63, 3.8) is 0 Å². The first-order valence-electron chi connectivity index (χ1n) is 3.15. The Morgan fingerprint density at radius 2 is 2.36 bits per heavy atom. The minimum absolute atomic E-state index is 0.00694. The van der Waals surface area contributed by atoms with Crippen molar-refractivity contribution < 1.29 is 5.06 Å². The van der Waals surface area contributed by atoms with Crippen molar-refractivity contribution in [2.75, 3.05) is 0 Å². The predicted octanol–water partition coefficient (Wildman–Crippen LogP) is 0.843. The van der Waals surface area contributed by atoms with Gasteiger partial charge < -0.3 is 5.21 Å². The maximum atomic E-state index is 11.0. The fourth-order valence-electron chi connectivity index (χ4n) is 1.03. The predicted molar refractivity (Wildman–Crippen MR) is 45.0 cm³/mol. The lowest BCUT2D eigenvalue weighted by Crippen LogP contribution is -2.96. The van der Waals surface area contributed by atoms with Crippen molar-refractivity contribution in [3.8, 4) is 0 Å². The third-order valence-corrected chi connectivity index (χ3v) is 1.97. The molecule has 1 aliphatic heterocycles. The first kappa shape index (κ1) is 6.97. The third kappa shape index (κ3) is 1.09. The van der Waals surface area contributed by atoms with Gasteiger partial charge in [0.25, 0.3) is 0 Å². The number of pyridine rings is 1. The van der Waals surface area contributed by atoms with E-state index < -0.39 is 0 Å². The van der Waals surface area contributed by atoms with Gasteiger partial charge in [0.05, 0.1) is 5.56 Å². The standard InChI is InChI=1S/C7H5BrN2O/c8-6-3-5-1-2-10(11)7(5)9-4-6/h1-4,10H. The van der Waals surface area contributed by atoms with Crippen LogP contribution in [0.1, 0.15) is 5.56 Å². The SMILES string of the molecule is [O-][NH+]1C=Cc2cc(Br)cnc21. The van der Waals surface area contributed by atoms with Crippen molar-refractivity contribution >= 4 is 27.8 Å². The van der Waals surface area contributed by atoms with Gasteiger partial charge in [-0.3, -0.25) is 5.06 Å². The lowest BCUT2D eigenvalue weighted by molar-refractivity contribution is -0.713. The third-order valence-electron chi connectivity index (χ3n) is 1.53. The zero-order valence-electron chi connectivity index (χ0n) is 5.54. The van der Waals surface area contributed by atoms with Gasteiger partial charge in [0, 0.05) is 16.7 Å². The molecule has 0 bridgehead atoms. The maximum absolute atomic E-state index is 11.0. The van der Waals surface area contributed by atoms with Crippen LogP contribution in [0.15, 0.2) is 22.9 Å². The number of quaternary nitrogens is 1. The maximum Gasteiger partial charge on any atom is 0.238 e. The number of nitrogens with one attached hydrogen (secondary N) is 1.